The molecule has 0 aliphatic rings. The van der Waals surface area contributed by atoms with Gasteiger partial charge in [0.05, 0.1) is 6.61 Å². The fraction of sp³-hybridized carbons (Fsp3) is 0.754. The highest BCUT2D eigenvalue weighted by Crippen LogP contribution is 2.16. The molecule has 1 unspecified atom stereocenters. The quantitative estimate of drug-likeness (QED) is 0.0375. The van der Waals surface area contributed by atoms with Gasteiger partial charge in [0, 0.05) is 12.8 Å². The van der Waals surface area contributed by atoms with E-state index in [0.29, 0.717) is 12.8 Å². The Morgan fingerprint density at radius 2 is 0.694 bits per heavy atom. The SMILES string of the molecule is CC/C=C\C/C=C\C/C=C\C/C=C\C/C=C\CCCCCCCCCCCCCCCCCCCCCC(=O)OC(CO)COC(=O)CCCCCCC/C=C\CCCCCC. The number of carbonyl (C=O) groups excluding carboxylic acids is 2. The van der Waals surface area contributed by atoms with E-state index in [9.17, 15) is 14.7 Å². The van der Waals surface area contributed by atoms with Gasteiger partial charge in [-0.15, -0.1) is 0 Å². The lowest BCUT2D eigenvalue weighted by Gasteiger charge is -2.15. The van der Waals surface area contributed by atoms with E-state index in [1.165, 1.54) is 154 Å². The Hall–Kier alpha value is -2.66. The third kappa shape index (κ3) is 50.0. The summed E-state index contributed by atoms with van der Waals surface area (Å²) in [7, 11) is 0. The normalized spacial score (nSPS) is 12.8. The number of hydrogen-bond acceptors (Lipinski definition) is 5. The van der Waals surface area contributed by atoms with Gasteiger partial charge in [-0.3, -0.25) is 9.59 Å². The van der Waals surface area contributed by atoms with Crippen LogP contribution in [0.1, 0.15) is 258 Å². The number of ether oxygens (including phenoxy) is 2. The van der Waals surface area contributed by atoms with E-state index in [-0.39, 0.29) is 25.2 Å². The van der Waals surface area contributed by atoms with Crippen LogP contribution in [-0.4, -0.2) is 36.4 Å². The molecule has 0 amide bonds. The highest BCUT2D eigenvalue weighted by Gasteiger charge is 2.16. The summed E-state index contributed by atoms with van der Waals surface area (Å²) < 4.78 is 10.7. The molecule has 0 rings (SSSR count). The Balaban J connectivity index is 3.44. The van der Waals surface area contributed by atoms with Crippen molar-refractivity contribution in [1.29, 1.82) is 0 Å². The van der Waals surface area contributed by atoms with Crippen LogP contribution in [0.3, 0.4) is 0 Å². The van der Waals surface area contributed by atoms with Crippen LogP contribution < -0.4 is 0 Å². The van der Waals surface area contributed by atoms with Crippen LogP contribution >= 0.6 is 0 Å². The molecule has 0 radical (unpaired) electrons. The van der Waals surface area contributed by atoms with Crippen molar-refractivity contribution < 1.29 is 24.2 Å². The van der Waals surface area contributed by atoms with Crippen LogP contribution in [0.25, 0.3) is 0 Å². The second-order valence-electron chi connectivity index (χ2n) is 17.6. The number of carbonyl (C=O) groups is 2. The third-order valence-electron chi connectivity index (χ3n) is 11.5. The van der Waals surface area contributed by atoms with Gasteiger partial charge < -0.3 is 14.6 Å². The predicted molar refractivity (Wildman–Crippen MR) is 270 cm³/mol. The lowest BCUT2D eigenvalue weighted by molar-refractivity contribution is -0.161. The molecule has 0 bridgehead atoms. The zero-order valence-electron chi connectivity index (χ0n) is 40.9. The smallest absolute Gasteiger partial charge is 0.306 e. The molecule has 358 valence electrons. The zero-order chi connectivity index (χ0) is 44.9. The monoisotopic (exact) mass is 865 g/mol. The number of aliphatic hydroxyl groups excluding tert-OH is 1. The van der Waals surface area contributed by atoms with E-state index in [1.807, 2.05) is 0 Å². The molecule has 5 heteroatoms. The average Bonchev–Trinajstić information content (AvgIpc) is 3.28. The van der Waals surface area contributed by atoms with Crippen molar-refractivity contribution in [2.75, 3.05) is 13.2 Å². The van der Waals surface area contributed by atoms with Gasteiger partial charge in [0.1, 0.15) is 6.61 Å². The fourth-order valence-corrected chi connectivity index (χ4v) is 7.52. The fourth-order valence-electron chi connectivity index (χ4n) is 7.52. The summed E-state index contributed by atoms with van der Waals surface area (Å²) in [5, 5.41) is 9.61. The van der Waals surface area contributed by atoms with Crippen molar-refractivity contribution in [3.63, 3.8) is 0 Å². The molecule has 0 aromatic heterocycles. The molecule has 0 fully saturated rings. The Kier molecular flexibility index (Phi) is 50.4. The van der Waals surface area contributed by atoms with Crippen molar-refractivity contribution in [2.45, 2.75) is 264 Å². The van der Waals surface area contributed by atoms with Crippen LogP contribution in [0, 0.1) is 0 Å². The highest BCUT2D eigenvalue weighted by molar-refractivity contribution is 5.70. The highest BCUT2D eigenvalue weighted by atomic mass is 16.6. The van der Waals surface area contributed by atoms with Crippen LogP contribution in [0.15, 0.2) is 72.9 Å². The summed E-state index contributed by atoms with van der Waals surface area (Å²) in [5.41, 5.74) is 0. The van der Waals surface area contributed by atoms with Gasteiger partial charge in [-0.25, -0.2) is 0 Å². The minimum absolute atomic E-state index is 0.0689. The first-order chi connectivity index (χ1) is 30.6. The van der Waals surface area contributed by atoms with Crippen molar-refractivity contribution in [2.24, 2.45) is 0 Å². The second kappa shape index (κ2) is 52.7. The van der Waals surface area contributed by atoms with Gasteiger partial charge in [-0.05, 0) is 83.5 Å². The van der Waals surface area contributed by atoms with Gasteiger partial charge in [-0.1, -0.05) is 234 Å². The molecule has 0 heterocycles. The van der Waals surface area contributed by atoms with Crippen molar-refractivity contribution in [3.05, 3.63) is 72.9 Å². The molecule has 0 aromatic rings. The van der Waals surface area contributed by atoms with Crippen LogP contribution in [0.2, 0.25) is 0 Å². The van der Waals surface area contributed by atoms with Gasteiger partial charge in [0.25, 0.3) is 0 Å². The number of allylic oxidation sites excluding steroid dienone is 12. The first kappa shape index (κ1) is 59.3. The second-order valence-corrected chi connectivity index (χ2v) is 17.6. The molecule has 5 nitrogen and oxygen atoms in total. The number of esters is 2. The van der Waals surface area contributed by atoms with Gasteiger partial charge >= 0.3 is 11.9 Å². The molecule has 0 aliphatic heterocycles. The van der Waals surface area contributed by atoms with Crippen LogP contribution in [0.4, 0.5) is 0 Å². The topological polar surface area (TPSA) is 72.8 Å². The summed E-state index contributed by atoms with van der Waals surface area (Å²) >= 11 is 0. The Bertz CT molecular complexity index is 1110. The van der Waals surface area contributed by atoms with Gasteiger partial charge in [0.2, 0.25) is 0 Å². The minimum atomic E-state index is -0.775. The lowest BCUT2D eigenvalue weighted by atomic mass is 10.0. The summed E-state index contributed by atoms with van der Waals surface area (Å²) in [4.78, 5) is 24.4. The number of hydrogen-bond donors (Lipinski definition) is 1. The van der Waals surface area contributed by atoms with E-state index in [1.54, 1.807) is 0 Å². The maximum Gasteiger partial charge on any atom is 0.306 e. The van der Waals surface area contributed by atoms with E-state index in [4.69, 9.17) is 9.47 Å². The number of rotatable bonds is 48. The first-order valence-corrected chi connectivity index (χ1v) is 26.5. The average molecular weight is 865 g/mol. The van der Waals surface area contributed by atoms with Crippen molar-refractivity contribution in [3.8, 4) is 0 Å². The molecule has 0 saturated heterocycles. The standard InChI is InChI=1S/C57H100O5/c1-3-5-7-9-11-13-15-17-18-19-20-21-22-23-24-25-26-27-28-29-30-31-32-33-34-35-36-37-38-40-42-44-46-48-50-52-57(60)62-55(53-58)54-61-56(59)51-49-47-45-43-41-39-16-14-12-10-8-6-4-2/h5,7,11,13-14,16-18,20-21,23-24,55,58H,3-4,6,8-10,12,15,19,22,25-54H2,1-2H3/b7-5-,13-11-,16-14-,18-17-,21-20-,24-23-. The molecule has 0 spiro atoms. The summed E-state index contributed by atoms with van der Waals surface area (Å²) in [6.07, 6.45) is 71.6. The lowest BCUT2D eigenvalue weighted by Crippen LogP contribution is -2.28. The van der Waals surface area contributed by atoms with E-state index in [2.05, 4.69) is 86.8 Å². The molecule has 62 heavy (non-hydrogen) atoms. The minimum Gasteiger partial charge on any atom is -0.462 e. The van der Waals surface area contributed by atoms with Crippen LogP contribution in [-0.2, 0) is 19.1 Å². The molecule has 1 atom stereocenters. The van der Waals surface area contributed by atoms with Crippen LogP contribution in [0.5, 0.6) is 0 Å². The van der Waals surface area contributed by atoms with Gasteiger partial charge in [-0.2, -0.15) is 0 Å². The summed E-state index contributed by atoms with van der Waals surface area (Å²) in [6, 6.07) is 0. The largest absolute Gasteiger partial charge is 0.462 e. The van der Waals surface area contributed by atoms with Crippen molar-refractivity contribution >= 4 is 11.9 Å². The predicted octanol–water partition coefficient (Wildman–Crippen LogP) is 17.6. The zero-order valence-corrected chi connectivity index (χ0v) is 40.9. The Morgan fingerprint density at radius 1 is 0.387 bits per heavy atom. The molecule has 0 saturated carbocycles. The van der Waals surface area contributed by atoms with E-state index in [0.717, 1.165) is 77.0 Å². The van der Waals surface area contributed by atoms with Crippen molar-refractivity contribution in [1.82, 2.24) is 0 Å². The molecule has 0 aromatic carbocycles. The molecule has 1 N–H and O–H groups in total. The Morgan fingerprint density at radius 3 is 1.06 bits per heavy atom. The molecular formula is C57H100O5. The first-order valence-electron chi connectivity index (χ1n) is 26.5. The van der Waals surface area contributed by atoms with E-state index >= 15 is 0 Å². The maximum absolute atomic E-state index is 12.3. The Labute approximate surface area is 384 Å². The number of aliphatic hydroxyl groups is 1. The van der Waals surface area contributed by atoms with Gasteiger partial charge in [0.15, 0.2) is 6.10 Å². The summed E-state index contributed by atoms with van der Waals surface area (Å²) in [5.74, 6) is -0.594. The molecule has 0 aliphatic carbocycles. The summed E-state index contributed by atoms with van der Waals surface area (Å²) in [6.45, 7) is 4.01. The molecular weight excluding hydrogens is 765 g/mol. The van der Waals surface area contributed by atoms with E-state index < -0.39 is 6.10 Å². The number of unbranched alkanes of at least 4 members (excludes halogenated alkanes) is 28. The third-order valence-corrected chi connectivity index (χ3v) is 11.5. The maximum atomic E-state index is 12.3.